The Hall–Kier alpha value is -0.850. The van der Waals surface area contributed by atoms with E-state index in [1.807, 2.05) is 12.1 Å². The van der Waals surface area contributed by atoms with Gasteiger partial charge < -0.3 is 9.84 Å². The average molecular weight is 543 g/mol. The van der Waals surface area contributed by atoms with Gasteiger partial charge in [0.25, 0.3) is 0 Å². The molecular formula is C26H29Cl4N2O2+. The Labute approximate surface area is 220 Å². The van der Waals surface area contributed by atoms with Crippen molar-refractivity contribution in [3.05, 3.63) is 66.6 Å². The molecule has 2 saturated heterocycles. The van der Waals surface area contributed by atoms with Gasteiger partial charge in [-0.25, -0.2) is 0 Å². The van der Waals surface area contributed by atoms with E-state index in [4.69, 9.17) is 51.1 Å². The predicted molar refractivity (Wildman–Crippen MR) is 139 cm³/mol. The molecule has 0 saturated carbocycles. The molecule has 3 heterocycles. The number of likely N-dealkylation sites (tertiary alicyclic amines) is 1. The molecule has 2 fully saturated rings. The maximum absolute atomic E-state index is 10.2. The van der Waals surface area contributed by atoms with Crippen LogP contribution in [0.25, 0.3) is 0 Å². The first-order chi connectivity index (χ1) is 16.4. The summed E-state index contributed by atoms with van der Waals surface area (Å²) in [6, 6.07) is 7.57. The van der Waals surface area contributed by atoms with Crippen LogP contribution in [0.15, 0.2) is 24.3 Å². The fourth-order valence-corrected chi connectivity index (χ4v) is 6.64. The first kappa shape index (κ1) is 24.8. The highest BCUT2D eigenvalue weighted by Crippen LogP contribution is 2.51. The van der Waals surface area contributed by atoms with Gasteiger partial charge in [-0.1, -0.05) is 46.4 Å². The van der Waals surface area contributed by atoms with Crippen LogP contribution < -0.4 is 4.99 Å². The van der Waals surface area contributed by atoms with Gasteiger partial charge in [-0.15, -0.1) is 0 Å². The van der Waals surface area contributed by atoms with E-state index in [0.717, 1.165) is 35.7 Å². The van der Waals surface area contributed by atoms with Gasteiger partial charge in [0.05, 0.1) is 18.2 Å². The normalized spacial score (nSPS) is 27.9. The van der Waals surface area contributed by atoms with Crippen molar-refractivity contribution in [3.63, 3.8) is 0 Å². The van der Waals surface area contributed by atoms with Gasteiger partial charge in [0, 0.05) is 45.8 Å². The van der Waals surface area contributed by atoms with Crippen molar-refractivity contribution < 1.29 is 14.8 Å². The van der Waals surface area contributed by atoms with E-state index in [2.05, 4.69) is 16.1 Å². The molecule has 34 heavy (non-hydrogen) atoms. The zero-order valence-electron chi connectivity index (χ0n) is 18.9. The fourth-order valence-electron chi connectivity index (χ4n) is 5.47. The lowest BCUT2D eigenvalue weighted by molar-refractivity contribution is -0.442. The summed E-state index contributed by atoms with van der Waals surface area (Å²) in [6.07, 6.45) is 9.06. The molecule has 0 radical (unpaired) electrons. The summed E-state index contributed by atoms with van der Waals surface area (Å²) < 4.78 is 5.37. The van der Waals surface area contributed by atoms with Gasteiger partial charge in [-0.2, -0.15) is 0 Å². The number of hydrogen-bond donors (Lipinski definition) is 2. The molecule has 4 nitrogen and oxygen atoms in total. The third-order valence-corrected chi connectivity index (χ3v) is 8.24. The van der Waals surface area contributed by atoms with Crippen molar-refractivity contribution in [2.24, 2.45) is 0 Å². The SMILES string of the molecule is C1=[NH+]CCC1.Clc1cc(Cl)c2c(c1)[C@@H]1O[C@@H]1C2.O[C@@H]1Cc2c(Cl)cc(Cl)cc2[C@H]1N1CCCC1. The minimum Gasteiger partial charge on any atom is -0.391 e. The van der Waals surface area contributed by atoms with Gasteiger partial charge in [0.1, 0.15) is 18.9 Å². The molecule has 2 aromatic rings. The summed E-state index contributed by atoms with van der Waals surface area (Å²) >= 11 is 24.2. The average Bonchev–Trinajstić information content (AvgIpc) is 3.33. The minimum absolute atomic E-state index is 0.0868. The van der Waals surface area contributed by atoms with Crippen LogP contribution >= 0.6 is 46.4 Å². The molecule has 5 aliphatic rings. The van der Waals surface area contributed by atoms with E-state index in [1.165, 1.54) is 43.4 Å². The zero-order chi connectivity index (χ0) is 23.8. The van der Waals surface area contributed by atoms with Crippen LogP contribution in [0.1, 0.15) is 60.1 Å². The largest absolute Gasteiger partial charge is 0.391 e. The number of rotatable bonds is 1. The summed E-state index contributed by atoms with van der Waals surface area (Å²) in [7, 11) is 0. The van der Waals surface area contributed by atoms with Crippen molar-refractivity contribution in [1.29, 1.82) is 0 Å². The van der Waals surface area contributed by atoms with Gasteiger partial charge in [-0.05, 0) is 72.5 Å². The Balaban J connectivity index is 0.000000122. The van der Waals surface area contributed by atoms with Crippen LogP contribution in [0.5, 0.6) is 0 Å². The predicted octanol–water partition coefficient (Wildman–Crippen LogP) is 4.97. The Morgan fingerprint density at radius 2 is 1.50 bits per heavy atom. The van der Waals surface area contributed by atoms with Crippen LogP contribution in [0.2, 0.25) is 20.1 Å². The van der Waals surface area contributed by atoms with Crippen LogP contribution in [0.3, 0.4) is 0 Å². The lowest BCUT2D eigenvalue weighted by Crippen LogP contribution is -2.65. The van der Waals surface area contributed by atoms with E-state index in [1.54, 1.807) is 12.1 Å². The number of aliphatic hydroxyl groups is 1. The Kier molecular flexibility index (Phi) is 7.77. The first-order valence-corrected chi connectivity index (χ1v) is 13.5. The van der Waals surface area contributed by atoms with Crippen molar-refractivity contribution >= 4 is 52.6 Å². The second kappa shape index (κ2) is 10.6. The summed E-state index contributed by atoms with van der Waals surface area (Å²) in [5, 5.41) is 13.1. The number of aliphatic hydroxyl groups excluding tert-OH is 1. The number of halogens is 4. The maximum atomic E-state index is 10.2. The standard InChI is InChI=1S/C13H15Cl2NO.C9H6Cl2O.C4H7N/c14-8-5-10-9(11(15)6-8)7-12(17)13(10)16-3-1-2-4-16;10-4-1-6-5(7(11)2-4)3-8-9(6)12-8;1-2-4-5-3-1/h5-6,12-13,17H,1-4,7H2;1-2,8-9H,3H2;3H,1-2,4H2/p+1/t12-,13-;8-,9+;/m11./s1. The number of nitrogens with zero attached hydrogens (tertiary/aromatic N) is 1. The lowest BCUT2D eigenvalue weighted by Gasteiger charge is -2.27. The maximum Gasteiger partial charge on any atom is 0.141 e. The molecule has 4 atom stereocenters. The topological polar surface area (TPSA) is 50.0 Å². The lowest BCUT2D eigenvalue weighted by atomic mass is 10.1. The quantitative estimate of drug-likeness (QED) is 0.500. The molecule has 0 bridgehead atoms. The van der Waals surface area contributed by atoms with Crippen LogP contribution in [0.4, 0.5) is 0 Å². The molecule has 3 aliphatic heterocycles. The fraction of sp³-hybridized carbons (Fsp3) is 0.500. The Bertz CT molecular complexity index is 1080. The zero-order valence-corrected chi connectivity index (χ0v) is 21.9. The van der Waals surface area contributed by atoms with Crippen molar-refractivity contribution in [2.75, 3.05) is 19.6 Å². The number of benzene rings is 2. The van der Waals surface area contributed by atoms with E-state index in [9.17, 15) is 5.11 Å². The van der Waals surface area contributed by atoms with Gasteiger partial charge in [0.2, 0.25) is 0 Å². The number of hydrogen-bond acceptors (Lipinski definition) is 3. The van der Waals surface area contributed by atoms with Gasteiger partial charge >= 0.3 is 0 Å². The van der Waals surface area contributed by atoms with Crippen LogP contribution in [-0.4, -0.2) is 48.1 Å². The Morgan fingerprint density at radius 1 is 0.853 bits per heavy atom. The monoisotopic (exact) mass is 541 g/mol. The summed E-state index contributed by atoms with van der Waals surface area (Å²) in [4.78, 5) is 5.45. The molecule has 0 aromatic heterocycles. The van der Waals surface area contributed by atoms with Gasteiger partial charge in [0.15, 0.2) is 0 Å². The summed E-state index contributed by atoms with van der Waals surface area (Å²) in [5.41, 5.74) is 4.61. The van der Waals surface area contributed by atoms with E-state index >= 15 is 0 Å². The highest BCUT2D eigenvalue weighted by molar-refractivity contribution is 6.35. The summed E-state index contributed by atoms with van der Waals surface area (Å²) in [6.45, 7) is 3.32. The molecule has 2 aliphatic carbocycles. The molecule has 7 rings (SSSR count). The van der Waals surface area contributed by atoms with Crippen LogP contribution in [0, 0.1) is 0 Å². The van der Waals surface area contributed by atoms with Crippen LogP contribution in [-0.2, 0) is 17.6 Å². The third-order valence-electron chi connectivity index (χ3n) is 7.13. The van der Waals surface area contributed by atoms with Crippen molar-refractivity contribution in [1.82, 2.24) is 4.90 Å². The first-order valence-electron chi connectivity index (χ1n) is 12.0. The van der Waals surface area contributed by atoms with Gasteiger partial charge in [-0.3, -0.25) is 9.89 Å². The number of fused-ring (bicyclic) bond motifs is 4. The van der Waals surface area contributed by atoms with E-state index < -0.39 is 0 Å². The highest BCUT2D eigenvalue weighted by Gasteiger charge is 2.48. The molecule has 8 heteroatoms. The molecule has 2 aromatic carbocycles. The van der Waals surface area contributed by atoms with E-state index in [-0.39, 0.29) is 18.2 Å². The molecule has 0 spiro atoms. The number of epoxide rings is 1. The molecule has 0 amide bonds. The third kappa shape index (κ3) is 5.29. The molecule has 182 valence electrons. The smallest absolute Gasteiger partial charge is 0.141 e. The van der Waals surface area contributed by atoms with E-state index in [0.29, 0.717) is 27.6 Å². The number of ether oxygens (including phenoxy) is 1. The minimum atomic E-state index is -0.348. The highest BCUT2D eigenvalue weighted by atomic mass is 35.5. The Morgan fingerprint density at radius 3 is 2.09 bits per heavy atom. The molecule has 0 unspecified atom stereocenters. The molecular weight excluding hydrogens is 514 g/mol. The summed E-state index contributed by atoms with van der Waals surface area (Å²) in [5.74, 6) is 0. The second-order valence-electron chi connectivity index (χ2n) is 9.47. The second-order valence-corrected chi connectivity index (χ2v) is 11.2. The van der Waals surface area contributed by atoms with Crippen molar-refractivity contribution in [2.45, 2.75) is 62.9 Å². The molecule has 2 N–H and O–H groups in total. The number of nitrogens with one attached hydrogen (secondary N) is 1. The van der Waals surface area contributed by atoms with Crippen molar-refractivity contribution in [3.8, 4) is 0 Å².